The highest BCUT2D eigenvalue weighted by molar-refractivity contribution is 14.1. The minimum Gasteiger partial charge on any atom is -0.448 e. The summed E-state index contributed by atoms with van der Waals surface area (Å²) in [4.78, 5) is 3.75. The summed E-state index contributed by atoms with van der Waals surface area (Å²) >= 11 is 1.85. The van der Waals surface area contributed by atoms with Crippen LogP contribution in [-0.4, -0.2) is 11.6 Å². The first kappa shape index (κ1) is 7.01. The number of hydrogen-bond acceptors (Lipinski definition) is 3. The fraction of sp³-hybridized carbons (Fsp3) is 0.400. The lowest BCUT2D eigenvalue weighted by atomic mass is 10.4. The fourth-order valence-corrected chi connectivity index (χ4v) is 0.725. The van der Waals surface area contributed by atoms with Crippen molar-refractivity contribution in [3.8, 4) is 0 Å². The third-order valence-corrected chi connectivity index (χ3v) is 1.35. The van der Waals surface area contributed by atoms with Crippen LogP contribution >= 0.6 is 23.0 Å². The molecule has 50 valence electrons. The Kier molecular flexibility index (Phi) is 2.99. The zero-order valence-corrected chi connectivity index (χ0v) is 6.87. The van der Waals surface area contributed by atoms with Crippen LogP contribution in [0.1, 0.15) is 5.76 Å². The Morgan fingerprint density at radius 3 is 3.22 bits per heavy atom. The van der Waals surface area contributed by atoms with E-state index in [0.717, 1.165) is 12.2 Å². The van der Waals surface area contributed by atoms with Crippen molar-refractivity contribution in [2.24, 2.45) is 0 Å². The van der Waals surface area contributed by atoms with Gasteiger partial charge in [0, 0.05) is 6.42 Å². The van der Waals surface area contributed by atoms with Gasteiger partial charge in [0.1, 0.15) is 28.8 Å². The number of oxazole rings is 1. The molecule has 1 rings (SSSR count). The lowest BCUT2D eigenvalue weighted by Gasteiger charge is -1.89. The number of aromatic nitrogens is 1. The Hall–Kier alpha value is -0.100. The number of nitrogens with zero attached hydrogens (tertiary/aromatic N) is 1. The summed E-state index contributed by atoms with van der Waals surface area (Å²) in [6.07, 6.45) is 3.90. The van der Waals surface area contributed by atoms with E-state index in [2.05, 4.69) is 4.98 Å². The average Bonchev–Trinajstić information content (AvgIpc) is 2.34. The van der Waals surface area contributed by atoms with E-state index in [4.69, 9.17) is 7.48 Å². The quantitative estimate of drug-likeness (QED) is 0.751. The summed E-state index contributed by atoms with van der Waals surface area (Å²) in [5, 5.41) is 0. The molecule has 9 heavy (non-hydrogen) atoms. The van der Waals surface area contributed by atoms with Crippen LogP contribution < -0.4 is 0 Å². The minimum atomic E-state index is 0.676. The number of halogens is 1. The Morgan fingerprint density at radius 2 is 2.67 bits per heavy atom. The molecule has 0 unspecified atom stereocenters. The molecule has 0 fully saturated rings. The van der Waals surface area contributed by atoms with Gasteiger partial charge in [0.05, 0.1) is 12.8 Å². The van der Waals surface area contributed by atoms with Crippen LogP contribution in [0, 0.1) is 0 Å². The van der Waals surface area contributed by atoms with E-state index in [1.165, 1.54) is 6.39 Å². The van der Waals surface area contributed by atoms with E-state index in [1.54, 1.807) is 6.20 Å². The summed E-state index contributed by atoms with van der Waals surface area (Å²) in [6, 6.07) is 0. The molecular weight excluding hydrogens is 233 g/mol. The third kappa shape index (κ3) is 2.31. The second-order valence-corrected chi connectivity index (χ2v) is 2.15. The van der Waals surface area contributed by atoms with Crippen molar-refractivity contribution in [1.82, 2.24) is 4.98 Å². The summed E-state index contributed by atoms with van der Waals surface area (Å²) in [6.45, 7) is 0.676. The standard InChI is InChI=1S/C5H6INO2/c6-9-2-1-5-3-7-4-8-5/h3-4H,1-2H2. The van der Waals surface area contributed by atoms with Gasteiger partial charge < -0.3 is 7.48 Å². The SMILES string of the molecule is IOCCc1cnco1. The smallest absolute Gasteiger partial charge is 0.180 e. The molecule has 0 atom stereocenters. The van der Waals surface area contributed by atoms with Crippen molar-refractivity contribution in [1.29, 1.82) is 0 Å². The van der Waals surface area contributed by atoms with Crippen LogP contribution in [0.15, 0.2) is 17.0 Å². The zero-order valence-electron chi connectivity index (χ0n) is 4.71. The maximum Gasteiger partial charge on any atom is 0.180 e. The maximum absolute atomic E-state index is 4.94. The first-order valence-electron chi connectivity index (χ1n) is 2.54. The van der Waals surface area contributed by atoms with Gasteiger partial charge in [-0.15, -0.1) is 0 Å². The van der Waals surface area contributed by atoms with Gasteiger partial charge in [0.2, 0.25) is 0 Å². The highest BCUT2D eigenvalue weighted by atomic mass is 127. The predicted octanol–water partition coefficient (Wildman–Crippen LogP) is 1.58. The predicted molar refractivity (Wildman–Crippen MR) is 40.2 cm³/mol. The summed E-state index contributed by atoms with van der Waals surface area (Å²) in [7, 11) is 0. The van der Waals surface area contributed by atoms with Gasteiger partial charge in [-0.1, -0.05) is 0 Å². The van der Waals surface area contributed by atoms with Crippen LogP contribution in [0.3, 0.4) is 0 Å². The summed E-state index contributed by atoms with van der Waals surface area (Å²) < 4.78 is 9.74. The van der Waals surface area contributed by atoms with Gasteiger partial charge in [-0.3, -0.25) is 0 Å². The average molecular weight is 239 g/mol. The number of rotatable bonds is 3. The molecule has 0 N–H and O–H groups in total. The molecular formula is C5H6INO2. The molecule has 0 bridgehead atoms. The van der Waals surface area contributed by atoms with Crippen molar-refractivity contribution in [2.75, 3.05) is 6.61 Å². The molecule has 0 aliphatic carbocycles. The molecule has 0 aliphatic heterocycles. The summed E-state index contributed by atoms with van der Waals surface area (Å²) in [5.74, 6) is 0.867. The van der Waals surface area contributed by atoms with Gasteiger partial charge in [-0.2, -0.15) is 0 Å². The molecule has 0 saturated carbocycles. The van der Waals surface area contributed by atoms with Gasteiger partial charge in [-0.25, -0.2) is 4.98 Å². The second-order valence-electron chi connectivity index (χ2n) is 1.53. The molecule has 4 heteroatoms. The highest BCUT2D eigenvalue weighted by Gasteiger charge is 1.93. The Bertz CT molecular complexity index is 152. The highest BCUT2D eigenvalue weighted by Crippen LogP contribution is 1.98. The van der Waals surface area contributed by atoms with Gasteiger partial charge in [0.25, 0.3) is 0 Å². The first-order chi connectivity index (χ1) is 4.43. The van der Waals surface area contributed by atoms with Gasteiger partial charge in [0.15, 0.2) is 6.39 Å². The third-order valence-electron chi connectivity index (χ3n) is 0.909. The van der Waals surface area contributed by atoms with E-state index >= 15 is 0 Å². The first-order valence-corrected chi connectivity index (χ1v) is 3.42. The monoisotopic (exact) mass is 239 g/mol. The summed E-state index contributed by atoms with van der Waals surface area (Å²) in [5.41, 5.74) is 0. The maximum atomic E-state index is 4.94. The Morgan fingerprint density at radius 1 is 1.78 bits per heavy atom. The van der Waals surface area contributed by atoms with Crippen molar-refractivity contribution in [2.45, 2.75) is 6.42 Å². The molecule has 0 saturated heterocycles. The van der Waals surface area contributed by atoms with Crippen LogP contribution in [-0.2, 0) is 9.49 Å². The molecule has 0 aromatic carbocycles. The molecule has 0 spiro atoms. The topological polar surface area (TPSA) is 35.3 Å². The molecule has 3 nitrogen and oxygen atoms in total. The van der Waals surface area contributed by atoms with Crippen LogP contribution in [0.5, 0.6) is 0 Å². The minimum absolute atomic E-state index is 0.676. The van der Waals surface area contributed by atoms with Crippen molar-refractivity contribution in [3.63, 3.8) is 0 Å². The normalized spacial score (nSPS) is 9.89. The van der Waals surface area contributed by atoms with E-state index in [0.29, 0.717) is 6.61 Å². The lowest BCUT2D eigenvalue weighted by molar-refractivity contribution is 0.398. The molecule has 0 amide bonds. The largest absolute Gasteiger partial charge is 0.448 e. The van der Waals surface area contributed by atoms with E-state index in [-0.39, 0.29) is 0 Å². The molecule has 1 aromatic heterocycles. The Labute approximate surface area is 67.1 Å². The van der Waals surface area contributed by atoms with E-state index in [9.17, 15) is 0 Å². The lowest BCUT2D eigenvalue weighted by Crippen LogP contribution is -1.87. The Balaban J connectivity index is 2.30. The van der Waals surface area contributed by atoms with Crippen LogP contribution in [0.25, 0.3) is 0 Å². The molecule has 1 heterocycles. The van der Waals surface area contributed by atoms with Crippen molar-refractivity contribution in [3.05, 3.63) is 18.4 Å². The van der Waals surface area contributed by atoms with Gasteiger partial charge >= 0.3 is 0 Å². The van der Waals surface area contributed by atoms with Crippen LogP contribution in [0.2, 0.25) is 0 Å². The van der Waals surface area contributed by atoms with E-state index < -0.39 is 0 Å². The van der Waals surface area contributed by atoms with Gasteiger partial charge in [-0.05, 0) is 0 Å². The molecule has 1 aromatic rings. The zero-order chi connectivity index (χ0) is 6.53. The van der Waals surface area contributed by atoms with Crippen molar-refractivity contribution >= 4 is 23.0 Å². The van der Waals surface area contributed by atoms with Crippen LogP contribution in [0.4, 0.5) is 0 Å². The fourth-order valence-electron chi connectivity index (χ4n) is 0.505. The second kappa shape index (κ2) is 3.84. The number of hydrogen-bond donors (Lipinski definition) is 0. The molecule has 0 radical (unpaired) electrons. The molecule has 0 aliphatic rings. The van der Waals surface area contributed by atoms with Crippen molar-refractivity contribution < 1.29 is 7.48 Å². The van der Waals surface area contributed by atoms with E-state index in [1.807, 2.05) is 23.0 Å².